The number of nitrogens with zero attached hydrogens (tertiary/aromatic N) is 1. The van der Waals surface area contributed by atoms with E-state index in [-0.39, 0.29) is 11.7 Å². The van der Waals surface area contributed by atoms with E-state index in [1.54, 1.807) is 12.1 Å². The van der Waals surface area contributed by atoms with Crippen LogP contribution in [0.2, 0.25) is 0 Å². The summed E-state index contributed by atoms with van der Waals surface area (Å²) in [7, 11) is 0. The topological polar surface area (TPSA) is 52.6 Å². The molecule has 5 heteroatoms. The Labute approximate surface area is 99.0 Å². The Bertz CT molecular complexity index is 411. The van der Waals surface area contributed by atoms with Gasteiger partial charge in [0.2, 0.25) is 0 Å². The Hall–Kier alpha value is -1.62. The van der Waals surface area contributed by atoms with Gasteiger partial charge < -0.3 is 15.3 Å². The first-order chi connectivity index (χ1) is 8.16. The second kappa shape index (κ2) is 5.14. The van der Waals surface area contributed by atoms with Gasteiger partial charge >= 0.3 is 6.03 Å². The summed E-state index contributed by atoms with van der Waals surface area (Å²) in [5, 5.41) is 12.0. The highest BCUT2D eigenvalue weighted by atomic mass is 19.1. The number of anilines is 1. The van der Waals surface area contributed by atoms with Gasteiger partial charge in [0, 0.05) is 13.1 Å². The van der Waals surface area contributed by atoms with Crippen LogP contribution in [0.25, 0.3) is 0 Å². The molecule has 1 aromatic rings. The summed E-state index contributed by atoms with van der Waals surface area (Å²) in [6, 6.07) is 5.65. The zero-order valence-corrected chi connectivity index (χ0v) is 9.40. The zero-order valence-electron chi connectivity index (χ0n) is 9.40. The first-order valence-corrected chi connectivity index (χ1v) is 5.65. The molecular formula is C12H15FN2O2. The van der Waals surface area contributed by atoms with Crippen molar-refractivity contribution < 1.29 is 14.3 Å². The first kappa shape index (κ1) is 11.9. The van der Waals surface area contributed by atoms with Gasteiger partial charge in [-0.05, 0) is 25.0 Å². The fourth-order valence-electron chi connectivity index (χ4n) is 1.90. The van der Waals surface area contributed by atoms with Crippen molar-refractivity contribution in [3.8, 4) is 0 Å². The van der Waals surface area contributed by atoms with Gasteiger partial charge in [-0.2, -0.15) is 0 Å². The standard InChI is InChI=1S/C12H15FN2O2/c13-10-5-1-2-6-11(10)14-12(17)15-7-3-4-9(16)8-15/h1-2,5-6,9,16H,3-4,7-8H2,(H,14,17). The van der Waals surface area contributed by atoms with Gasteiger partial charge in [-0.3, -0.25) is 0 Å². The molecule has 1 heterocycles. The van der Waals surface area contributed by atoms with E-state index in [9.17, 15) is 14.3 Å². The van der Waals surface area contributed by atoms with Crippen LogP contribution < -0.4 is 5.32 Å². The Balaban J connectivity index is 1.99. The summed E-state index contributed by atoms with van der Waals surface area (Å²) in [6.45, 7) is 0.900. The minimum absolute atomic E-state index is 0.164. The fraction of sp³-hybridized carbons (Fsp3) is 0.417. The number of halogens is 1. The van der Waals surface area contributed by atoms with E-state index in [0.717, 1.165) is 6.42 Å². The number of carbonyl (C=O) groups excluding carboxylic acids is 1. The third kappa shape index (κ3) is 2.94. The number of hydrogen-bond donors (Lipinski definition) is 2. The molecule has 2 rings (SSSR count). The second-order valence-corrected chi connectivity index (χ2v) is 4.15. The molecule has 1 aliphatic heterocycles. The molecule has 1 aromatic carbocycles. The molecule has 1 unspecified atom stereocenters. The van der Waals surface area contributed by atoms with Gasteiger partial charge in [0.05, 0.1) is 11.8 Å². The summed E-state index contributed by atoms with van der Waals surface area (Å²) in [4.78, 5) is 13.3. The molecule has 2 amide bonds. The normalized spacial score (nSPS) is 20.1. The van der Waals surface area contributed by atoms with Crippen LogP contribution in [0.3, 0.4) is 0 Å². The van der Waals surface area contributed by atoms with Crippen LogP contribution in [0.15, 0.2) is 24.3 Å². The lowest BCUT2D eigenvalue weighted by Gasteiger charge is -2.30. The molecule has 2 N–H and O–H groups in total. The Morgan fingerprint density at radius 3 is 2.94 bits per heavy atom. The molecule has 1 atom stereocenters. The molecule has 0 spiro atoms. The van der Waals surface area contributed by atoms with Crippen LogP contribution in [0.1, 0.15) is 12.8 Å². The largest absolute Gasteiger partial charge is 0.391 e. The molecule has 0 saturated carbocycles. The van der Waals surface area contributed by atoms with Crippen molar-refractivity contribution in [3.63, 3.8) is 0 Å². The minimum atomic E-state index is -0.477. The van der Waals surface area contributed by atoms with Crippen LogP contribution >= 0.6 is 0 Å². The summed E-state index contributed by atoms with van der Waals surface area (Å²) in [5.74, 6) is -0.460. The molecule has 1 aliphatic rings. The number of urea groups is 1. The summed E-state index contributed by atoms with van der Waals surface area (Å²) in [6.07, 6.45) is 1.00. The SMILES string of the molecule is O=C(Nc1ccccc1F)N1CCCC(O)C1. The van der Waals surface area contributed by atoms with Gasteiger partial charge in [0.15, 0.2) is 0 Å². The number of hydrogen-bond acceptors (Lipinski definition) is 2. The predicted octanol–water partition coefficient (Wildman–Crippen LogP) is 1.81. The number of piperidine rings is 1. The number of rotatable bonds is 1. The molecule has 1 fully saturated rings. The minimum Gasteiger partial charge on any atom is -0.391 e. The van der Waals surface area contributed by atoms with Gasteiger partial charge in [-0.15, -0.1) is 0 Å². The maximum atomic E-state index is 13.3. The van der Waals surface area contributed by atoms with E-state index < -0.39 is 11.9 Å². The van der Waals surface area contributed by atoms with E-state index in [2.05, 4.69) is 5.32 Å². The lowest BCUT2D eigenvalue weighted by atomic mass is 10.1. The van der Waals surface area contributed by atoms with Crippen LogP contribution in [-0.4, -0.2) is 35.2 Å². The predicted molar refractivity (Wildman–Crippen MR) is 62.2 cm³/mol. The summed E-state index contributed by atoms with van der Waals surface area (Å²) in [5.41, 5.74) is 0.164. The lowest BCUT2D eigenvalue weighted by molar-refractivity contribution is 0.0883. The summed E-state index contributed by atoms with van der Waals surface area (Å²) < 4.78 is 13.3. The highest BCUT2D eigenvalue weighted by Crippen LogP contribution is 2.15. The van der Waals surface area contributed by atoms with E-state index >= 15 is 0 Å². The molecule has 17 heavy (non-hydrogen) atoms. The second-order valence-electron chi connectivity index (χ2n) is 4.15. The highest BCUT2D eigenvalue weighted by Gasteiger charge is 2.22. The van der Waals surface area contributed by atoms with E-state index in [1.807, 2.05) is 0 Å². The number of nitrogens with one attached hydrogen (secondary N) is 1. The average Bonchev–Trinajstić information content (AvgIpc) is 2.32. The molecular weight excluding hydrogens is 223 g/mol. The van der Waals surface area contributed by atoms with Crippen molar-refractivity contribution >= 4 is 11.7 Å². The van der Waals surface area contributed by atoms with E-state index in [4.69, 9.17) is 0 Å². The number of likely N-dealkylation sites (tertiary alicyclic amines) is 1. The number of para-hydroxylation sites is 1. The molecule has 92 valence electrons. The third-order valence-corrected chi connectivity index (χ3v) is 2.80. The number of benzene rings is 1. The van der Waals surface area contributed by atoms with Gasteiger partial charge in [-0.1, -0.05) is 12.1 Å². The highest BCUT2D eigenvalue weighted by molar-refractivity contribution is 5.89. The van der Waals surface area contributed by atoms with Crippen LogP contribution in [0, 0.1) is 5.82 Å². The van der Waals surface area contributed by atoms with Crippen molar-refractivity contribution in [2.75, 3.05) is 18.4 Å². The number of carbonyl (C=O) groups is 1. The number of β-amino-alcohol motifs (C(OH)–C–C–N with tert-alkyl or cyclic N) is 1. The molecule has 0 bridgehead atoms. The molecule has 0 aliphatic carbocycles. The van der Waals surface area contributed by atoms with Gasteiger partial charge in [0.1, 0.15) is 5.82 Å². The van der Waals surface area contributed by atoms with Crippen LogP contribution in [0.4, 0.5) is 14.9 Å². The van der Waals surface area contributed by atoms with Gasteiger partial charge in [-0.25, -0.2) is 9.18 Å². The number of amides is 2. The Kier molecular flexibility index (Phi) is 3.58. The van der Waals surface area contributed by atoms with Crippen LogP contribution in [0.5, 0.6) is 0 Å². The van der Waals surface area contributed by atoms with Crippen molar-refractivity contribution in [2.45, 2.75) is 18.9 Å². The average molecular weight is 238 g/mol. The zero-order chi connectivity index (χ0) is 12.3. The number of aliphatic hydroxyl groups excluding tert-OH is 1. The van der Waals surface area contributed by atoms with E-state index in [0.29, 0.717) is 19.5 Å². The molecule has 4 nitrogen and oxygen atoms in total. The third-order valence-electron chi connectivity index (χ3n) is 2.80. The maximum absolute atomic E-state index is 13.3. The fourth-order valence-corrected chi connectivity index (χ4v) is 1.90. The molecule has 0 radical (unpaired) electrons. The van der Waals surface area contributed by atoms with Crippen molar-refractivity contribution in [1.82, 2.24) is 4.90 Å². The smallest absolute Gasteiger partial charge is 0.322 e. The Morgan fingerprint density at radius 1 is 1.47 bits per heavy atom. The molecule has 1 saturated heterocycles. The van der Waals surface area contributed by atoms with E-state index in [1.165, 1.54) is 17.0 Å². The monoisotopic (exact) mass is 238 g/mol. The van der Waals surface area contributed by atoms with Gasteiger partial charge in [0.25, 0.3) is 0 Å². The maximum Gasteiger partial charge on any atom is 0.322 e. The number of aliphatic hydroxyl groups is 1. The quantitative estimate of drug-likeness (QED) is 0.784. The first-order valence-electron chi connectivity index (χ1n) is 5.65. The van der Waals surface area contributed by atoms with Crippen molar-refractivity contribution in [2.24, 2.45) is 0 Å². The Morgan fingerprint density at radius 2 is 2.24 bits per heavy atom. The molecule has 0 aromatic heterocycles. The lowest BCUT2D eigenvalue weighted by Crippen LogP contribution is -2.44. The summed E-state index contributed by atoms with van der Waals surface area (Å²) >= 11 is 0. The van der Waals surface area contributed by atoms with Crippen LogP contribution in [-0.2, 0) is 0 Å². The van der Waals surface area contributed by atoms with Crippen molar-refractivity contribution in [1.29, 1.82) is 0 Å². The van der Waals surface area contributed by atoms with Crippen molar-refractivity contribution in [3.05, 3.63) is 30.1 Å².